The molecule has 0 atom stereocenters. The number of hydrogen-bond acceptors (Lipinski definition) is 2. The average Bonchev–Trinajstić information content (AvgIpc) is 2.25. The van der Waals surface area contributed by atoms with Crippen molar-refractivity contribution in [3.8, 4) is 6.07 Å². The zero-order chi connectivity index (χ0) is 12.6. The van der Waals surface area contributed by atoms with Crippen LogP contribution < -0.4 is 3.71 Å². The van der Waals surface area contributed by atoms with Crippen LogP contribution in [0.2, 0.25) is 9.88 Å². The number of fused-ring (bicyclic) bond motifs is 1. The normalized spacial score (nSPS) is 17.6. The minimum absolute atomic E-state index is 0.371. The molecule has 0 spiro atoms. The third-order valence-electron chi connectivity index (χ3n) is 3.60. The minimum atomic E-state index is -1.46. The molecule has 89 valence electrons. The summed E-state index contributed by atoms with van der Waals surface area (Å²) in [6.45, 7) is 4.65. The van der Waals surface area contributed by atoms with Gasteiger partial charge in [0.15, 0.2) is 0 Å². The molecule has 1 radical (unpaired) electrons. The molecule has 0 N–H and O–H groups in total. The Morgan fingerprint density at radius 3 is 2.65 bits per heavy atom. The molecule has 2 nitrogen and oxygen atoms in total. The van der Waals surface area contributed by atoms with E-state index in [1.807, 2.05) is 0 Å². The predicted octanol–water partition coefficient (Wildman–Crippen LogP) is 2.43. The van der Waals surface area contributed by atoms with Crippen LogP contribution >= 0.6 is 0 Å². The molecule has 0 aliphatic heterocycles. The Balaban J connectivity index is 2.59. The van der Waals surface area contributed by atoms with E-state index in [4.69, 9.17) is 0 Å². The standard InChI is InChI=1S/C12H13N2.2CH3.Sn/c1-12(2)4-3-11-9(5-12)7-14-8-10(11)6-13;;;/h8H,3-5H2,1-2H3;2*1H3;. The van der Waals surface area contributed by atoms with Crippen LogP contribution in [0.3, 0.4) is 0 Å². The van der Waals surface area contributed by atoms with Gasteiger partial charge in [-0.25, -0.2) is 0 Å². The molecule has 1 aliphatic carbocycles. The quantitative estimate of drug-likeness (QED) is 0.740. The number of rotatable bonds is 1. The van der Waals surface area contributed by atoms with Gasteiger partial charge in [-0.05, 0) is 0 Å². The van der Waals surface area contributed by atoms with Crippen LogP contribution in [0.1, 0.15) is 37.0 Å². The number of hydrogen-bond donors (Lipinski definition) is 0. The van der Waals surface area contributed by atoms with Crippen molar-refractivity contribution in [3.63, 3.8) is 0 Å². The second-order valence-corrected chi connectivity index (χ2v) is 13.0. The van der Waals surface area contributed by atoms with E-state index in [0.717, 1.165) is 18.4 Å². The summed E-state index contributed by atoms with van der Waals surface area (Å²) in [6.07, 6.45) is 5.15. The summed E-state index contributed by atoms with van der Waals surface area (Å²) >= 11 is -1.46. The van der Waals surface area contributed by atoms with Gasteiger partial charge in [-0.3, -0.25) is 0 Å². The molecule has 2 rings (SSSR count). The van der Waals surface area contributed by atoms with Crippen molar-refractivity contribution < 1.29 is 0 Å². The van der Waals surface area contributed by atoms with Crippen molar-refractivity contribution in [3.05, 3.63) is 22.9 Å². The van der Waals surface area contributed by atoms with E-state index in [2.05, 4.69) is 34.8 Å². The first kappa shape index (κ1) is 12.9. The summed E-state index contributed by atoms with van der Waals surface area (Å²) in [7, 11) is 0. The Morgan fingerprint density at radius 1 is 1.35 bits per heavy atom. The third-order valence-corrected chi connectivity index (χ3v) is 7.53. The first-order valence-corrected chi connectivity index (χ1v) is 13.3. The van der Waals surface area contributed by atoms with Crippen molar-refractivity contribution in [1.82, 2.24) is 4.98 Å². The van der Waals surface area contributed by atoms with E-state index >= 15 is 0 Å². The molecular weight excluding hydrogens is 315 g/mol. The predicted molar refractivity (Wildman–Crippen MR) is 71.9 cm³/mol. The summed E-state index contributed by atoms with van der Waals surface area (Å²) in [5, 5.41) is 9.18. The molecule has 1 aliphatic rings. The molecular formula is C14H19N2Sn. The molecule has 0 fully saturated rings. The SMILES string of the molecule is [CH3][Sn]([CH3])[c]1ncc(C#N)c2c1CC(C)(C)CC2. The third kappa shape index (κ3) is 2.49. The second kappa shape index (κ2) is 4.60. The van der Waals surface area contributed by atoms with Crippen molar-refractivity contribution >= 4 is 23.5 Å². The molecule has 0 aromatic carbocycles. The van der Waals surface area contributed by atoms with Crippen LogP contribution in [0.15, 0.2) is 6.20 Å². The number of nitrogens with zero attached hydrogens (tertiary/aromatic N) is 2. The Hall–Kier alpha value is -0.561. The Bertz CT molecular complexity index is 484. The van der Waals surface area contributed by atoms with Crippen LogP contribution in [0.4, 0.5) is 0 Å². The summed E-state index contributed by atoms with van der Waals surface area (Å²) in [5.74, 6) is 0. The van der Waals surface area contributed by atoms with Gasteiger partial charge in [0.1, 0.15) is 0 Å². The topological polar surface area (TPSA) is 36.7 Å². The van der Waals surface area contributed by atoms with E-state index in [9.17, 15) is 5.26 Å². The first-order valence-electron chi connectivity index (χ1n) is 6.16. The number of nitriles is 1. The summed E-state index contributed by atoms with van der Waals surface area (Å²) in [5.41, 5.74) is 3.91. The molecule has 0 saturated heterocycles. The first-order chi connectivity index (χ1) is 7.94. The molecule has 0 bridgehead atoms. The Kier molecular flexibility index (Phi) is 3.49. The van der Waals surface area contributed by atoms with E-state index in [1.165, 1.54) is 21.3 Å². The second-order valence-electron chi connectivity index (χ2n) is 5.93. The maximum atomic E-state index is 9.18. The van der Waals surface area contributed by atoms with Crippen molar-refractivity contribution in [2.45, 2.75) is 43.0 Å². The van der Waals surface area contributed by atoms with Gasteiger partial charge in [-0.2, -0.15) is 0 Å². The van der Waals surface area contributed by atoms with E-state index in [0.29, 0.717) is 5.41 Å². The molecule has 17 heavy (non-hydrogen) atoms. The monoisotopic (exact) mass is 335 g/mol. The molecule has 0 unspecified atom stereocenters. The van der Waals surface area contributed by atoms with Gasteiger partial charge in [0.25, 0.3) is 0 Å². The Morgan fingerprint density at radius 2 is 2.06 bits per heavy atom. The van der Waals surface area contributed by atoms with Gasteiger partial charge in [0, 0.05) is 0 Å². The van der Waals surface area contributed by atoms with Crippen LogP contribution in [0, 0.1) is 16.7 Å². The van der Waals surface area contributed by atoms with Crippen LogP contribution in [0.25, 0.3) is 0 Å². The van der Waals surface area contributed by atoms with Crippen LogP contribution in [0.5, 0.6) is 0 Å². The van der Waals surface area contributed by atoms with Gasteiger partial charge in [-0.1, -0.05) is 0 Å². The maximum absolute atomic E-state index is 9.18. The van der Waals surface area contributed by atoms with Gasteiger partial charge in [-0.15, -0.1) is 0 Å². The summed E-state index contributed by atoms with van der Waals surface area (Å²) < 4.78 is 1.38. The fourth-order valence-electron chi connectivity index (χ4n) is 2.62. The summed E-state index contributed by atoms with van der Waals surface area (Å²) in [6, 6.07) is 2.31. The molecule has 0 amide bonds. The van der Waals surface area contributed by atoms with E-state index in [1.54, 1.807) is 6.20 Å². The molecule has 0 saturated carbocycles. The molecule has 1 aromatic heterocycles. The molecule has 1 aromatic rings. The van der Waals surface area contributed by atoms with Crippen molar-refractivity contribution in [2.24, 2.45) is 5.41 Å². The fraction of sp³-hybridized carbons (Fsp3) is 0.571. The van der Waals surface area contributed by atoms with Gasteiger partial charge in [0.2, 0.25) is 0 Å². The van der Waals surface area contributed by atoms with Crippen molar-refractivity contribution in [2.75, 3.05) is 0 Å². The zero-order valence-corrected chi connectivity index (χ0v) is 13.9. The van der Waals surface area contributed by atoms with E-state index < -0.39 is 19.8 Å². The Labute approximate surface area is 111 Å². The number of pyridine rings is 1. The van der Waals surface area contributed by atoms with Gasteiger partial charge in [0.05, 0.1) is 0 Å². The average molecular weight is 334 g/mol. The van der Waals surface area contributed by atoms with Crippen LogP contribution in [-0.2, 0) is 12.8 Å². The molecule has 3 heteroatoms. The van der Waals surface area contributed by atoms with Crippen molar-refractivity contribution in [1.29, 1.82) is 5.26 Å². The van der Waals surface area contributed by atoms with Gasteiger partial charge >= 0.3 is 111 Å². The van der Waals surface area contributed by atoms with E-state index in [-0.39, 0.29) is 0 Å². The van der Waals surface area contributed by atoms with Gasteiger partial charge < -0.3 is 0 Å². The van der Waals surface area contributed by atoms with Crippen LogP contribution in [-0.4, -0.2) is 24.7 Å². The number of aromatic nitrogens is 1. The zero-order valence-electron chi connectivity index (χ0n) is 11.1. The fourth-order valence-corrected chi connectivity index (χ4v) is 5.95. The molecule has 1 heterocycles. The summed E-state index contributed by atoms with van der Waals surface area (Å²) in [4.78, 5) is 9.34.